The van der Waals surface area contributed by atoms with E-state index in [1.807, 2.05) is 0 Å². The highest BCUT2D eigenvalue weighted by atomic mass is 16.5. The van der Waals surface area contributed by atoms with Crippen molar-refractivity contribution in [1.29, 1.82) is 0 Å². The lowest BCUT2D eigenvalue weighted by Crippen LogP contribution is -2.10. The Hall–Kier alpha value is -1.62. The number of aliphatic hydroxyl groups is 1. The molecule has 0 saturated heterocycles. The molecule has 5 nitrogen and oxygen atoms in total. The molecule has 0 unspecified atom stereocenters. The molecule has 0 aromatic carbocycles. The van der Waals surface area contributed by atoms with Gasteiger partial charge in [-0.1, -0.05) is 12.7 Å². The van der Waals surface area contributed by atoms with Crippen LogP contribution in [0.5, 0.6) is 0 Å². The normalized spacial score (nSPS) is 10.8. The van der Waals surface area contributed by atoms with Crippen molar-refractivity contribution in [3.8, 4) is 0 Å². The van der Waals surface area contributed by atoms with Crippen molar-refractivity contribution in [2.45, 2.75) is 19.8 Å². The van der Waals surface area contributed by atoms with E-state index in [0.29, 0.717) is 18.4 Å². The van der Waals surface area contributed by atoms with Crippen LogP contribution in [0.4, 0.5) is 0 Å². The summed E-state index contributed by atoms with van der Waals surface area (Å²) in [6.45, 7) is 5.25. The fraction of sp³-hybridized carbons (Fsp3) is 0.500. The van der Waals surface area contributed by atoms with Crippen LogP contribution in [0.15, 0.2) is 24.3 Å². The van der Waals surface area contributed by atoms with Crippen LogP contribution in [-0.2, 0) is 19.1 Å². The second kappa shape index (κ2) is 9.59. The molecular weight excluding hydrogens is 224 g/mol. The van der Waals surface area contributed by atoms with Gasteiger partial charge in [-0.3, -0.25) is 0 Å². The summed E-state index contributed by atoms with van der Waals surface area (Å²) in [5, 5.41) is 8.57. The van der Waals surface area contributed by atoms with Crippen molar-refractivity contribution in [1.82, 2.24) is 0 Å². The van der Waals surface area contributed by atoms with E-state index in [0.717, 1.165) is 6.08 Å². The van der Waals surface area contributed by atoms with E-state index in [4.69, 9.17) is 14.6 Å². The number of aliphatic hydroxyl groups excluding tert-OH is 1. The predicted octanol–water partition coefficient (Wildman–Crippen LogP) is 0.978. The average Bonchev–Trinajstić information content (AvgIpc) is 2.34. The molecule has 0 aliphatic carbocycles. The van der Waals surface area contributed by atoms with Gasteiger partial charge < -0.3 is 14.6 Å². The second-order valence-corrected chi connectivity index (χ2v) is 3.26. The van der Waals surface area contributed by atoms with Gasteiger partial charge in [0.05, 0.1) is 13.2 Å². The molecule has 0 saturated carbocycles. The van der Waals surface area contributed by atoms with Gasteiger partial charge in [0.15, 0.2) is 0 Å². The molecule has 0 aliphatic rings. The van der Waals surface area contributed by atoms with E-state index in [1.54, 1.807) is 13.0 Å². The van der Waals surface area contributed by atoms with Gasteiger partial charge in [-0.05, 0) is 13.3 Å². The summed E-state index contributed by atoms with van der Waals surface area (Å²) >= 11 is 0. The quantitative estimate of drug-likeness (QED) is 0.390. The zero-order valence-electron chi connectivity index (χ0n) is 9.98. The van der Waals surface area contributed by atoms with Crippen LogP contribution in [0, 0.1) is 0 Å². The van der Waals surface area contributed by atoms with Crippen LogP contribution in [0.1, 0.15) is 19.8 Å². The van der Waals surface area contributed by atoms with Crippen molar-refractivity contribution < 1.29 is 24.2 Å². The van der Waals surface area contributed by atoms with E-state index < -0.39 is 11.9 Å². The van der Waals surface area contributed by atoms with Crippen LogP contribution in [0.25, 0.3) is 0 Å². The van der Waals surface area contributed by atoms with Gasteiger partial charge in [0.25, 0.3) is 0 Å². The Morgan fingerprint density at radius 2 is 1.94 bits per heavy atom. The Morgan fingerprint density at radius 1 is 1.29 bits per heavy atom. The van der Waals surface area contributed by atoms with Gasteiger partial charge in [-0.2, -0.15) is 0 Å². The van der Waals surface area contributed by atoms with E-state index in [-0.39, 0.29) is 19.8 Å². The zero-order valence-corrected chi connectivity index (χ0v) is 9.98. The molecule has 0 aromatic heterocycles. The number of carbonyl (C=O) groups is 2. The van der Waals surface area contributed by atoms with E-state index in [1.165, 1.54) is 0 Å². The Morgan fingerprint density at radius 3 is 2.53 bits per heavy atom. The molecule has 5 heteroatoms. The first-order valence-electron chi connectivity index (χ1n) is 5.35. The molecule has 17 heavy (non-hydrogen) atoms. The molecule has 0 rings (SSSR count). The zero-order chi connectivity index (χ0) is 13.1. The van der Waals surface area contributed by atoms with Gasteiger partial charge in [0.2, 0.25) is 0 Å². The maximum Gasteiger partial charge on any atom is 0.333 e. The van der Waals surface area contributed by atoms with Crippen LogP contribution in [0.3, 0.4) is 0 Å². The summed E-state index contributed by atoms with van der Waals surface area (Å²) in [6, 6.07) is 0. The first-order chi connectivity index (χ1) is 8.11. The molecule has 0 atom stereocenters. The molecule has 1 N–H and O–H groups in total. The number of hydrogen-bond donors (Lipinski definition) is 1. The topological polar surface area (TPSA) is 72.8 Å². The lowest BCUT2D eigenvalue weighted by atomic mass is 10.2. The van der Waals surface area contributed by atoms with Crippen molar-refractivity contribution in [2.75, 3.05) is 19.8 Å². The van der Waals surface area contributed by atoms with E-state index in [2.05, 4.69) is 6.58 Å². The minimum atomic E-state index is -0.490. The van der Waals surface area contributed by atoms with Gasteiger partial charge >= 0.3 is 11.9 Å². The third-order valence-corrected chi connectivity index (χ3v) is 1.83. The predicted molar refractivity (Wildman–Crippen MR) is 62.2 cm³/mol. The number of rotatable bonds is 8. The first-order valence-corrected chi connectivity index (χ1v) is 5.35. The fourth-order valence-corrected chi connectivity index (χ4v) is 0.934. The standard InChI is InChI=1S/C12H18O5/c1-3-11(14)16-8-5-9-17-12(15)10(2)6-4-7-13/h3,6,13H,1,4-5,7-9H2,2H3. The van der Waals surface area contributed by atoms with E-state index >= 15 is 0 Å². The van der Waals surface area contributed by atoms with Gasteiger partial charge in [0, 0.05) is 24.7 Å². The van der Waals surface area contributed by atoms with Crippen molar-refractivity contribution in [2.24, 2.45) is 0 Å². The molecule has 0 amide bonds. The summed E-state index contributed by atoms with van der Waals surface area (Å²) in [6.07, 6.45) is 3.56. The minimum Gasteiger partial charge on any atom is -0.462 e. The molecule has 0 fully saturated rings. The first kappa shape index (κ1) is 15.4. The number of hydrogen-bond acceptors (Lipinski definition) is 5. The summed E-state index contributed by atoms with van der Waals surface area (Å²) in [5.74, 6) is -0.913. The Kier molecular flexibility index (Phi) is 8.68. The van der Waals surface area contributed by atoms with Crippen LogP contribution < -0.4 is 0 Å². The lowest BCUT2D eigenvalue weighted by Gasteiger charge is -2.05. The summed E-state index contributed by atoms with van der Waals surface area (Å²) < 4.78 is 9.61. The second-order valence-electron chi connectivity index (χ2n) is 3.26. The van der Waals surface area contributed by atoms with Crippen LogP contribution in [0.2, 0.25) is 0 Å². The molecule has 0 heterocycles. The number of carbonyl (C=O) groups excluding carboxylic acids is 2. The highest BCUT2D eigenvalue weighted by Crippen LogP contribution is 1.99. The van der Waals surface area contributed by atoms with Gasteiger partial charge in [0.1, 0.15) is 0 Å². The van der Waals surface area contributed by atoms with Crippen molar-refractivity contribution in [3.05, 3.63) is 24.3 Å². The van der Waals surface area contributed by atoms with Gasteiger partial charge in [-0.15, -0.1) is 0 Å². The summed E-state index contributed by atoms with van der Waals surface area (Å²) in [7, 11) is 0. The largest absolute Gasteiger partial charge is 0.462 e. The van der Waals surface area contributed by atoms with Crippen LogP contribution in [-0.4, -0.2) is 36.9 Å². The fourth-order valence-electron chi connectivity index (χ4n) is 0.934. The van der Waals surface area contributed by atoms with Crippen LogP contribution >= 0.6 is 0 Å². The molecule has 0 aliphatic heterocycles. The number of esters is 2. The smallest absolute Gasteiger partial charge is 0.333 e. The molecular formula is C12H18O5. The average molecular weight is 242 g/mol. The van der Waals surface area contributed by atoms with Gasteiger partial charge in [-0.25, -0.2) is 9.59 Å². The molecule has 0 aromatic rings. The lowest BCUT2D eigenvalue weighted by molar-refractivity contribution is -0.140. The molecule has 0 bridgehead atoms. The maximum atomic E-state index is 11.3. The highest BCUT2D eigenvalue weighted by Gasteiger charge is 2.04. The molecule has 0 radical (unpaired) electrons. The summed E-state index contributed by atoms with van der Waals surface area (Å²) in [4.78, 5) is 22.0. The third kappa shape index (κ3) is 8.21. The Labute approximate surface area is 101 Å². The van der Waals surface area contributed by atoms with Crippen molar-refractivity contribution >= 4 is 11.9 Å². The maximum absolute atomic E-state index is 11.3. The van der Waals surface area contributed by atoms with Crippen molar-refractivity contribution in [3.63, 3.8) is 0 Å². The van der Waals surface area contributed by atoms with E-state index in [9.17, 15) is 9.59 Å². The molecule has 0 spiro atoms. The summed E-state index contributed by atoms with van der Waals surface area (Å²) in [5.41, 5.74) is 0.460. The highest BCUT2D eigenvalue weighted by molar-refractivity contribution is 5.87. The Bertz CT molecular complexity index is 293. The third-order valence-electron chi connectivity index (χ3n) is 1.83. The molecule has 96 valence electrons. The monoisotopic (exact) mass is 242 g/mol. The Balaban J connectivity index is 3.64. The number of ether oxygens (including phenoxy) is 2. The minimum absolute atomic E-state index is 0.00211. The SMILES string of the molecule is C=CC(=O)OCCCOC(=O)C(C)=CCCO.